The van der Waals surface area contributed by atoms with E-state index in [1.165, 1.54) is 0 Å². The lowest BCUT2D eigenvalue weighted by molar-refractivity contribution is 0.0238. The maximum atomic E-state index is 10.1. The van der Waals surface area contributed by atoms with Crippen molar-refractivity contribution in [2.75, 3.05) is 5.32 Å². The van der Waals surface area contributed by atoms with Crippen molar-refractivity contribution in [3.05, 3.63) is 17.6 Å². The molecule has 0 atom stereocenters. The minimum Gasteiger partial charge on any atom is -0.388 e. The van der Waals surface area contributed by atoms with Gasteiger partial charge >= 0.3 is 0 Å². The molecule has 0 radical (unpaired) electrons. The van der Waals surface area contributed by atoms with E-state index in [2.05, 4.69) is 22.2 Å². The molecule has 0 aromatic carbocycles. The first-order chi connectivity index (χ1) is 7.65. The summed E-state index contributed by atoms with van der Waals surface area (Å²) in [6.45, 7) is 11.4. The maximum absolute atomic E-state index is 10.1. The summed E-state index contributed by atoms with van der Waals surface area (Å²) in [7, 11) is 0. The van der Waals surface area contributed by atoms with Gasteiger partial charge in [-0.1, -0.05) is 6.92 Å². The van der Waals surface area contributed by atoms with Gasteiger partial charge in [-0.15, -0.1) is 0 Å². The van der Waals surface area contributed by atoms with Gasteiger partial charge in [-0.2, -0.15) is 0 Å². The van der Waals surface area contributed by atoms with Crippen molar-refractivity contribution in [1.29, 1.82) is 0 Å². The fourth-order valence-electron chi connectivity index (χ4n) is 1.35. The van der Waals surface area contributed by atoms with Gasteiger partial charge in [0.25, 0.3) is 0 Å². The molecule has 1 aromatic heterocycles. The van der Waals surface area contributed by atoms with E-state index in [0.29, 0.717) is 0 Å². The van der Waals surface area contributed by atoms with E-state index in [-0.39, 0.29) is 0 Å². The van der Waals surface area contributed by atoms with Crippen LogP contribution in [0.3, 0.4) is 0 Å². The Morgan fingerprint density at radius 3 is 2.29 bits per heavy atom. The molecular weight excluding hydrogens is 214 g/mol. The van der Waals surface area contributed by atoms with Crippen LogP contribution in [0, 0.1) is 6.92 Å². The summed E-state index contributed by atoms with van der Waals surface area (Å²) in [4.78, 5) is 8.68. The zero-order valence-electron chi connectivity index (χ0n) is 11.6. The summed E-state index contributed by atoms with van der Waals surface area (Å²) in [5.41, 5.74) is -0.289. The Morgan fingerprint density at radius 2 is 1.82 bits per heavy atom. The van der Waals surface area contributed by atoms with Crippen LogP contribution in [0.15, 0.2) is 6.07 Å². The van der Waals surface area contributed by atoms with Gasteiger partial charge in [0.05, 0.1) is 11.1 Å². The smallest absolute Gasteiger partial charge is 0.130 e. The van der Waals surface area contributed by atoms with E-state index in [0.717, 1.165) is 23.8 Å². The number of rotatable bonds is 4. The molecule has 0 amide bonds. The monoisotopic (exact) mass is 237 g/mol. The molecule has 0 unspecified atom stereocenters. The highest BCUT2D eigenvalue weighted by molar-refractivity contribution is 5.40. The molecule has 0 aliphatic heterocycles. The number of hydrogen-bond donors (Lipinski definition) is 2. The number of nitrogens with zero attached hydrogens (tertiary/aromatic N) is 2. The van der Waals surface area contributed by atoms with Crippen LogP contribution < -0.4 is 5.32 Å². The number of aryl methyl sites for hydroxylation is 2. The lowest BCUT2D eigenvalue weighted by Crippen LogP contribution is -2.51. The molecule has 4 nitrogen and oxygen atoms in total. The number of aliphatic hydroxyl groups is 1. The molecule has 1 aromatic rings. The molecule has 96 valence electrons. The van der Waals surface area contributed by atoms with E-state index in [1.807, 2.05) is 26.8 Å². The number of anilines is 1. The predicted octanol–water partition coefficient (Wildman–Crippen LogP) is 2.31. The molecule has 1 heterocycles. The molecule has 1 rings (SSSR count). The van der Waals surface area contributed by atoms with Crippen molar-refractivity contribution in [2.45, 2.75) is 59.1 Å². The van der Waals surface area contributed by atoms with Crippen LogP contribution in [0.25, 0.3) is 0 Å². The molecule has 2 N–H and O–H groups in total. The van der Waals surface area contributed by atoms with E-state index in [1.54, 1.807) is 13.8 Å². The van der Waals surface area contributed by atoms with Crippen molar-refractivity contribution in [2.24, 2.45) is 0 Å². The average Bonchev–Trinajstić information content (AvgIpc) is 2.14. The van der Waals surface area contributed by atoms with Crippen LogP contribution in [0.4, 0.5) is 5.82 Å². The molecule has 17 heavy (non-hydrogen) atoms. The van der Waals surface area contributed by atoms with Gasteiger partial charge in [-0.25, -0.2) is 9.97 Å². The molecule has 0 aliphatic carbocycles. The standard InChI is InChI=1S/C13H23N3O/c1-7-10-8-11(15-9(2)14-10)16-12(3,4)13(5,6)17/h8,17H,7H2,1-6H3,(H,14,15,16). The van der Waals surface area contributed by atoms with Crippen LogP contribution in [0.1, 0.15) is 46.1 Å². The molecule has 0 aliphatic rings. The van der Waals surface area contributed by atoms with Gasteiger partial charge in [0.15, 0.2) is 0 Å². The molecule has 0 spiro atoms. The van der Waals surface area contributed by atoms with Crippen LogP contribution in [0.2, 0.25) is 0 Å². The third-order valence-corrected chi connectivity index (χ3v) is 3.22. The number of hydrogen-bond acceptors (Lipinski definition) is 4. The van der Waals surface area contributed by atoms with E-state index in [9.17, 15) is 5.11 Å². The van der Waals surface area contributed by atoms with E-state index < -0.39 is 11.1 Å². The fourth-order valence-corrected chi connectivity index (χ4v) is 1.35. The minimum atomic E-state index is -0.835. The quantitative estimate of drug-likeness (QED) is 0.843. The second-order valence-electron chi connectivity index (χ2n) is 5.45. The summed E-state index contributed by atoms with van der Waals surface area (Å²) < 4.78 is 0. The van der Waals surface area contributed by atoms with Crippen molar-refractivity contribution in [1.82, 2.24) is 9.97 Å². The average molecular weight is 237 g/mol. The first-order valence-electron chi connectivity index (χ1n) is 6.01. The Hall–Kier alpha value is -1.16. The highest BCUT2D eigenvalue weighted by Crippen LogP contribution is 2.25. The van der Waals surface area contributed by atoms with Crippen LogP contribution in [-0.4, -0.2) is 26.2 Å². The summed E-state index contributed by atoms with van der Waals surface area (Å²) in [6.07, 6.45) is 0.876. The highest BCUT2D eigenvalue weighted by atomic mass is 16.3. The molecule has 0 bridgehead atoms. The predicted molar refractivity (Wildman–Crippen MR) is 70.1 cm³/mol. The van der Waals surface area contributed by atoms with Crippen LogP contribution in [0.5, 0.6) is 0 Å². The highest BCUT2D eigenvalue weighted by Gasteiger charge is 2.35. The maximum Gasteiger partial charge on any atom is 0.130 e. The van der Waals surface area contributed by atoms with Gasteiger partial charge in [-0.05, 0) is 41.0 Å². The number of nitrogens with one attached hydrogen (secondary N) is 1. The lowest BCUT2D eigenvalue weighted by Gasteiger charge is -2.38. The first kappa shape index (κ1) is 13.9. The van der Waals surface area contributed by atoms with Crippen molar-refractivity contribution >= 4 is 5.82 Å². The van der Waals surface area contributed by atoms with Crippen molar-refractivity contribution in [3.63, 3.8) is 0 Å². The molecule has 0 fully saturated rings. The van der Waals surface area contributed by atoms with Gasteiger partial charge in [0, 0.05) is 11.8 Å². The number of aromatic nitrogens is 2. The zero-order valence-corrected chi connectivity index (χ0v) is 11.6. The van der Waals surface area contributed by atoms with Crippen molar-refractivity contribution < 1.29 is 5.11 Å². The molecule has 0 saturated heterocycles. The normalized spacial score (nSPS) is 12.6. The molecule has 0 saturated carbocycles. The minimum absolute atomic E-state index is 0.460. The third-order valence-electron chi connectivity index (χ3n) is 3.22. The second kappa shape index (κ2) is 4.61. The van der Waals surface area contributed by atoms with Crippen molar-refractivity contribution in [3.8, 4) is 0 Å². The SMILES string of the molecule is CCc1cc(NC(C)(C)C(C)(C)O)nc(C)n1. The van der Waals surface area contributed by atoms with Gasteiger partial charge in [0.1, 0.15) is 11.6 Å². The molecule has 4 heteroatoms. The van der Waals surface area contributed by atoms with Gasteiger partial charge in [0.2, 0.25) is 0 Å². The topological polar surface area (TPSA) is 58.0 Å². The Morgan fingerprint density at radius 1 is 1.24 bits per heavy atom. The Kier molecular flexibility index (Phi) is 3.77. The summed E-state index contributed by atoms with van der Waals surface area (Å²) in [5.74, 6) is 1.51. The lowest BCUT2D eigenvalue weighted by atomic mass is 9.86. The summed E-state index contributed by atoms with van der Waals surface area (Å²) >= 11 is 0. The Balaban J connectivity index is 2.99. The van der Waals surface area contributed by atoms with Gasteiger partial charge < -0.3 is 10.4 Å². The van der Waals surface area contributed by atoms with E-state index >= 15 is 0 Å². The third kappa shape index (κ3) is 3.40. The first-order valence-corrected chi connectivity index (χ1v) is 6.01. The van der Waals surface area contributed by atoms with Gasteiger partial charge in [-0.3, -0.25) is 0 Å². The molecular formula is C13H23N3O. The second-order valence-corrected chi connectivity index (χ2v) is 5.45. The summed E-state index contributed by atoms with van der Waals surface area (Å²) in [6, 6.07) is 1.93. The van der Waals surface area contributed by atoms with Crippen LogP contribution >= 0.6 is 0 Å². The Bertz CT molecular complexity index is 394. The zero-order chi connectivity index (χ0) is 13.3. The Labute approximate surface area is 103 Å². The summed E-state index contributed by atoms with van der Waals surface area (Å²) in [5, 5.41) is 13.4. The van der Waals surface area contributed by atoms with E-state index in [4.69, 9.17) is 0 Å². The fraction of sp³-hybridized carbons (Fsp3) is 0.692. The largest absolute Gasteiger partial charge is 0.388 e. The van der Waals surface area contributed by atoms with Crippen LogP contribution in [-0.2, 0) is 6.42 Å².